The normalized spacial score (nSPS) is 16.4. The minimum absolute atomic E-state index is 0.0626. The van der Waals surface area contributed by atoms with Crippen LogP contribution >= 0.6 is 11.3 Å². The Morgan fingerprint density at radius 1 is 1.45 bits per heavy atom. The zero-order chi connectivity index (χ0) is 14.7. The number of methoxy groups -OCH3 is 1. The van der Waals surface area contributed by atoms with Crippen molar-refractivity contribution in [1.82, 2.24) is 5.32 Å². The van der Waals surface area contributed by atoms with Gasteiger partial charge in [0.2, 0.25) is 0 Å². The number of hydrogen-bond donors (Lipinski definition) is 3. The molecule has 1 aliphatic rings. The SMILES string of the molecule is COc1c(NC2CCNCC2)sc(C(=O)C(C)C)c1N. The number of ketones is 1. The number of rotatable bonds is 5. The van der Waals surface area contributed by atoms with E-state index < -0.39 is 0 Å². The summed E-state index contributed by atoms with van der Waals surface area (Å²) in [5.41, 5.74) is 6.54. The average Bonchev–Trinajstić information content (AvgIpc) is 2.75. The monoisotopic (exact) mass is 297 g/mol. The molecular weight excluding hydrogens is 274 g/mol. The van der Waals surface area contributed by atoms with Gasteiger partial charge in [0, 0.05) is 12.0 Å². The fraction of sp³-hybridized carbons (Fsp3) is 0.643. The fourth-order valence-electron chi connectivity index (χ4n) is 2.32. The maximum atomic E-state index is 12.2. The maximum Gasteiger partial charge on any atom is 0.177 e. The van der Waals surface area contributed by atoms with Crippen LogP contribution in [0.3, 0.4) is 0 Å². The van der Waals surface area contributed by atoms with E-state index in [1.54, 1.807) is 7.11 Å². The molecule has 2 rings (SSSR count). The molecule has 0 bridgehead atoms. The predicted molar refractivity (Wildman–Crippen MR) is 84.0 cm³/mol. The lowest BCUT2D eigenvalue weighted by atomic mass is 10.1. The number of carbonyl (C=O) groups excluding carboxylic acids is 1. The predicted octanol–water partition coefficient (Wildman–Crippen LogP) is 2.34. The van der Waals surface area contributed by atoms with Gasteiger partial charge in [0.25, 0.3) is 0 Å². The molecule has 1 aromatic heterocycles. The van der Waals surface area contributed by atoms with Crippen LogP contribution in [-0.2, 0) is 0 Å². The summed E-state index contributed by atoms with van der Waals surface area (Å²) in [5.74, 6) is 0.620. The summed E-state index contributed by atoms with van der Waals surface area (Å²) in [7, 11) is 1.59. The Labute approximate surface area is 123 Å². The number of ether oxygens (including phenoxy) is 1. The van der Waals surface area contributed by atoms with Gasteiger partial charge < -0.3 is 21.1 Å². The number of anilines is 2. The molecule has 0 aromatic carbocycles. The molecule has 1 saturated heterocycles. The van der Waals surface area contributed by atoms with Gasteiger partial charge in [-0.15, -0.1) is 11.3 Å². The van der Waals surface area contributed by atoms with Crippen molar-refractivity contribution in [2.75, 3.05) is 31.2 Å². The van der Waals surface area contributed by atoms with E-state index in [1.165, 1.54) is 11.3 Å². The molecule has 0 unspecified atom stereocenters. The second kappa shape index (κ2) is 6.45. The second-order valence-corrected chi connectivity index (χ2v) is 6.42. The standard InChI is InChI=1S/C14H23N3O2S/c1-8(2)11(18)13-10(15)12(19-3)14(20-13)17-9-4-6-16-7-5-9/h8-9,16-17H,4-7,15H2,1-3H3. The van der Waals surface area contributed by atoms with Crippen LogP contribution in [0, 0.1) is 5.92 Å². The van der Waals surface area contributed by atoms with E-state index in [2.05, 4.69) is 10.6 Å². The summed E-state index contributed by atoms with van der Waals surface area (Å²) in [6.07, 6.45) is 2.13. The van der Waals surface area contributed by atoms with Crippen molar-refractivity contribution in [3.63, 3.8) is 0 Å². The highest BCUT2D eigenvalue weighted by Gasteiger charge is 2.25. The van der Waals surface area contributed by atoms with Crippen molar-refractivity contribution in [3.05, 3.63) is 4.88 Å². The van der Waals surface area contributed by atoms with E-state index >= 15 is 0 Å². The van der Waals surface area contributed by atoms with Crippen molar-refractivity contribution < 1.29 is 9.53 Å². The molecule has 0 amide bonds. The molecule has 112 valence electrons. The van der Waals surface area contributed by atoms with Crippen LogP contribution < -0.4 is 21.1 Å². The molecule has 1 fully saturated rings. The van der Waals surface area contributed by atoms with E-state index in [1.807, 2.05) is 13.8 Å². The number of nitrogen functional groups attached to an aromatic ring is 1. The van der Waals surface area contributed by atoms with Gasteiger partial charge in [-0.25, -0.2) is 0 Å². The summed E-state index contributed by atoms with van der Waals surface area (Å²) in [5, 5.41) is 7.68. The lowest BCUT2D eigenvalue weighted by Gasteiger charge is -2.24. The first-order valence-electron chi connectivity index (χ1n) is 7.02. The summed E-state index contributed by atoms with van der Waals surface area (Å²) in [6, 6.07) is 0.408. The van der Waals surface area contributed by atoms with Crippen LogP contribution in [0.15, 0.2) is 0 Å². The van der Waals surface area contributed by atoms with E-state index in [-0.39, 0.29) is 11.7 Å². The first kappa shape index (κ1) is 15.1. The third-order valence-corrected chi connectivity index (χ3v) is 4.66. The molecule has 0 saturated carbocycles. The molecule has 1 aliphatic heterocycles. The van der Waals surface area contributed by atoms with Crippen LogP contribution in [0.5, 0.6) is 5.75 Å². The Bertz CT molecular complexity index is 479. The van der Waals surface area contributed by atoms with E-state index in [4.69, 9.17) is 10.5 Å². The van der Waals surface area contributed by atoms with Gasteiger partial charge in [-0.05, 0) is 25.9 Å². The first-order valence-corrected chi connectivity index (χ1v) is 7.84. The summed E-state index contributed by atoms with van der Waals surface area (Å²) >= 11 is 1.41. The number of carbonyl (C=O) groups is 1. The number of nitrogens with two attached hydrogens (primary N) is 1. The highest BCUT2D eigenvalue weighted by Crippen LogP contribution is 2.44. The largest absolute Gasteiger partial charge is 0.492 e. The Hall–Kier alpha value is -1.27. The molecule has 6 heteroatoms. The Morgan fingerprint density at radius 2 is 2.10 bits per heavy atom. The van der Waals surface area contributed by atoms with Gasteiger partial charge in [-0.2, -0.15) is 0 Å². The topological polar surface area (TPSA) is 76.4 Å². The fourth-order valence-corrected chi connectivity index (χ4v) is 3.58. The molecule has 0 radical (unpaired) electrons. The molecule has 1 aromatic rings. The smallest absolute Gasteiger partial charge is 0.177 e. The van der Waals surface area contributed by atoms with Crippen molar-refractivity contribution >= 4 is 27.8 Å². The number of hydrogen-bond acceptors (Lipinski definition) is 6. The minimum atomic E-state index is -0.0626. The van der Waals surface area contributed by atoms with E-state index in [0.717, 1.165) is 30.9 Å². The highest BCUT2D eigenvalue weighted by molar-refractivity contribution is 7.19. The van der Waals surface area contributed by atoms with Crippen LogP contribution in [-0.4, -0.2) is 32.0 Å². The highest BCUT2D eigenvalue weighted by atomic mass is 32.1. The van der Waals surface area contributed by atoms with Crippen LogP contribution in [0.25, 0.3) is 0 Å². The lowest BCUT2D eigenvalue weighted by molar-refractivity contribution is 0.0944. The molecule has 0 spiro atoms. The van der Waals surface area contributed by atoms with Gasteiger partial charge in [0.15, 0.2) is 11.5 Å². The van der Waals surface area contributed by atoms with Crippen LogP contribution in [0.1, 0.15) is 36.4 Å². The molecule has 20 heavy (non-hydrogen) atoms. The van der Waals surface area contributed by atoms with Crippen molar-refractivity contribution in [3.8, 4) is 5.75 Å². The van der Waals surface area contributed by atoms with Crippen molar-refractivity contribution in [1.29, 1.82) is 0 Å². The number of Topliss-reactive ketones (excluding diaryl/α,β-unsaturated/α-hetero) is 1. The molecule has 4 N–H and O–H groups in total. The van der Waals surface area contributed by atoms with Gasteiger partial charge >= 0.3 is 0 Å². The summed E-state index contributed by atoms with van der Waals surface area (Å²) in [6.45, 7) is 5.79. The number of thiophene rings is 1. The Morgan fingerprint density at radius 3 is 2.65 bits per heavy atom. The van der Waals surface area contributed by atoms with E-state index in [9.17, 15) is 4.79 Å². The van der Waals surface area contributed by atoms with Crippen LogP contribution in [0.2, 0.25) is 0 Å². The maximum absolute atomic E-state index is 12.2. The van der Waals surface area contributed by atoms with Crippen molar-refractivity contribution in [2.24, 2.45) is 5.92 Å². The second-order valence-electron chi connectivity index (χ2n) is 5.39. The molecule has 0 aliphatic carbocycles. The molecule has 2 heterocycles. The third kappa shape index (κ3) is 3.07. The minimum Gasteiger partial charge on any atom is -0.492 e. The number of piperidine rings is 1. The van der Waals surface area contributed by atoms with Gasteiger partial charge in [-0.1, -0.05) is 13.8 Å². The Kier molecular flexibility index (Phi) is 4.88. The molecule has 0 atom stereocenters. The van der Waals surface area contributed by atoms with Crippen LogP contribution in [0.4, 0.5) is 10.7 Å². The summed E-state index contributed by atoms with van der Waals surface area (Å²) < 4.78 is 5.38. The first-order chi connectivity index (χ1) is 9.54. The van der Waals surface area contributed by atoms with Gasteiger partial charge in [-0.3, -0.25) is 4.79 Å². The summed E-state index contributed by atoms with van der Waals surface area (Å²) in [4.78, 5) is 12.8. The lowest BCUT2D eigenvalue weighted by Crippen LogP contribution is -2.35. The van der Waals surface area contributed by atoms with E-state index in [0.29, 0.717) is 22.4 Å². The zero-order valence-electron chi connectivity index (χ0n) is 12.3. The Balaban J connectivity index is 2.23. The average molecular weight is 297 g/mol. The quantitative estimate of drug-likeness (QED) is 0.727. The molecular formula is C14H23N3O2S. The van der Waals surface area contributed by atoms with Gasteiger partial charge in [0.05, 0.1) is 17.7 Å². The van der Waals surface area contributed by atoms with Crippen molar-refractivity contribution in [2.45, 2.75) is 32.7 Å². The zero-order valence-corrected chi connectivity index (χ0v) is 13.1. The molecule has 5 nitrogen and oxygen atoms in total. The van der Waals surface area contributed by atoms with Gasteiger partial charge in [0.1, 0.15) is 5.00 Å². The number of nitrogens with one attached hydrogen (secondary N) is 2. The third-order valence-electron chi connectivity index (χ3n) is 3.53.